The van der Waals surface area contributed by atoms with Crippen LogP contribution in [0.2, 0.25) is 29.8 Å². The predicted octanol–water partition coefficient (Wildman–Crippen LogP) is 0.972. The fraction of sp³-hybridized carbons (Fsp3) is 1.00. The van der Waals surface area contributed by atoms with E-state index in [2.05, 4.69) is 33.5 Å². The summed E-state index contributed by atoms with van der Waals surface area (Å²) in [6.07, 6.45) is 1.50. The van der Waals surface area contributed by atoms with Crippen molar-refractivity contribution in [2.45, 2.75) is 50.1 Å². The van der Waals surface area contributed by atoms with Gasteiger partial charge in [-0.2, -0.15) is 0 Å². The highest BCUT2D eigenvalue weighted by molar-refractivity contribution is 6.64. The van der Waals surface area contributed by atoms with Crippen molar-refractivity contribution in [1.29, 1.82) is 0 Å². The second-order valence-corrected chi connectivity index (χ2v) is 11.0. The van der Waals surface area contributed by atoms with Crippen LogP contribution in [0.3, 0.4) is 0 Å². The summed E-state index contributed by atoms with van der Waals surface area (Å²) in [5.41, 5.74) is 1.15. The van der Waals surface area contributed by atoms with E-state index in [9.17, 15) is 0 Å². The van der Waals surface area contributed by atoms with Crippen LogP contribution >= 0.6 is 0 Å². The molecule has 0 saturated heterocycles. The maximum atomic E-state index is 2.53. The molecule has 0 aromatic rings. The first-order valence-electron chi connectivity index (χ1n) is 5.16. The van der Waals surface area contributed by atoms with E-state index in [0.29, 0.717) is 0 Å². The summed E-state index contributed by atoms with van der Waals surface area (Å²) in [5.74, 6) is 0. The van der Waals surface area contributed by atoms with Crippen molar-refractivity contribution in [1.82, 2.24) is 0 Å². The van der Waals surface area contributed by atoms with E-state index >= 15 is 0 Å². The van der Waals surface area contributed by atoms with E-state index < -0.39 is 0 Å². The molecule has 0 aliphatic heterocycles. The Balaban J connectivity index is 4.26. The maximum Gasteiger partial charge on any atom is 0.0200 e. The summed E-state index contributed by atoms with van der Waals surface area (Å²) in [5, 5.41) is 0. The molecular formula is C8H24Si3. The molecule has 68 valence electrons. The minimum atomic E-state index is 0.259. The summed E-state index contributed by atoms with van der Waals surface area (Å²) in [4.78, 5) is 0. The Morgan fingerprint density at radius 1 is 1.18 bits per heavy atom. The maximum absolute atomic E-state index is 2.53. The highest BCUT2D eigenvalue weighted by Gasteiger charge is 2.29. The molecular weight excluding hydrogens is 180 g/mol. The highest BCUT2D eigenvalue weighted by Crippen LogP contribution is 2.40. The van der Waals surface area contributed by atoms with Gasteiger partial charge in [-0.3, -0.25) is 0 Å². The lowest BCUT2D eigenvalue weighted by atomic mass is 10.2. The molecule has 3 heteroatoms. The Bertz CT molecular complexity index is 91.2. The molecule has 0 aliphatic rings. The second-order valence-electron chi connectivity index (χ2n) is 3.73. The lowest BCUT2D eigenvalue weighted by molar-refractivity contribution is 0.677. The summed E-state index contributed by atoms with van der Waals surface area (Å²) in [7, 11) is 0.789. The highest BCUT2D eigenvalue weighted by atomic mass is 28.3. The van der Waals surface area contributed by atoms with Gasteiger partial charge in [0.05, 0.1) is 0 Å². The molecule has 0 spiro atoms. The van der Waals surface area contributed by atoms with Gasteiger partial charge in [0, 0.05) is 28.6 Å². The molecule has 0 N–H and O–H groups in total. The van der Waals surface area contributed by atoms with Gasteiger partial charge in [-0.25, -0.2) is 0 Å². The van der Waals surface area contributed by atoms with Crippen molar-refractivity contribution in [3.05, 3.63) is 0 Å². The largest absolute Gasteiger partial charge is 0.0746 e. The van der Waals surface area contributed by atoms with Crippen molar-refractivity contribution in [2.75, 3.05) is 0 Å². The molecule has 1 atom stereocenters. The fourth-order valence-corrected chi connectivity index (χ4v) is 11.2. The Labute approximate surface area is 79.0 Å². The molecule has 0 nitrogen and oxygen atoms in total. The molecule has 0 bridgehead atoms. The van der Waals surface area contributed by atoms with Crippen LogP contribution in [0.25, 0.3) is 0 Å². The third-order valence-corrected chi connectivity index (χ3v) is 15.2. The van der Waals surface area contributed by atoms with Crippen LogP contribution in [-0.4, -0.2) is 28.6 Å². The Kier molecular flexibility index (Phi) is 5.64. The average Bonchev–Trinajstić information content (AvgIpc) is 2.08. The molecule has 0 radical (unpaired) electrons. The van der Waals surface area contributed by atoms with Gasteiger partial charge in [0.1, 0.15) is 0 Å². The van der Waals surface area contributed by atoms with Gasteiger partial charge in [-0.15, -0.1) is 0 Å². The quantitative estimate of drug-likeness (QED) is 0.586. The van der Waals surface area contributed by atoms with Crippen LogP contribution in [0.4, 0.5) is 0 Å². The third-order valence-electron chi connectivity index (χ3n) is 3.77. The van der Waals surface area contributed by atoms with Crippen LogP contribution in [0.1, 0.15) is 20.3 Å². The summed E-state index contributed by atoms with van der Waals surface area (Å²) in [6, 6.07) is 0. The number of hydrogen-bond donors (Lipinski definition) is 0. The standard InChI is InChI=1S/C8H24Si3/c1-6-8(10-4,11-5)7(2)9-3/h7H,6,9-11H2,1-5H3. The molecule has 0 aromatic heterocycles. The number of hydrogen-bond acceptors (Lipinski definition) is 0. The van der Waals surface area contributed by atoms with Gasteiger partial charge < -0.3 is 0 Å². The molecule has 0 heterocycles. The first-order valence-corrected chi connectivity index (χ1v) is 11.6. The summed E-state index contributed by atoms with van der Waals surface area (Å²) < 4.78 is 0.973. The molecule has 0 aliphatic carbocycles. The zero-order chi connectivity index (χ0) is 8.91. The van der Waals surface area contributed by atoms with Gasteiger partial charge in [0.15, 0.2) is 0 Å². The van der Waals surface area contributed by atoms with Crippen molar-refractivity contribution < 1.29 is 0 Å². The van der Waals surface area contributed by atoms with Crippen molar-refractivity contribution in [2.24, 2.45) is 0 Å². The van der Waals surface area contributed by atoms with Gasteiger partial charge in [-0.1, -0.05) is 45.5 Å². The molecule has 0 fully saturated rings. The zero-order valence-electron chi connectivity index (χ0n) is 8.91. The van der Waals surface area contributed by atoms with Crippen LogP contribution in [0.5, 0.6) is 0 Å². The van der Waals surface area contributed by atoms with E-state index in [1.54, 1.807) is 0 Å². The zero-order valence-corrected chi connectivity index (χ0v) is 13.1. The second kappa shape index (κ2) is 5.32. The number of rotatable bonds is 5. The van der Waals surface area contributed by atoms with E-state index in [0.717, 1.165) is 10.2 Å². The lowest BCUT2D eigenvalue weighted by Crippen LogP contribution is -2.29. The molecule has 0 rings (SSSR count). The van der Waals surface area contributed by atoms with Crippen LogP contribution < -0.4 is 0 Å². The van der Waals surface area contributed by atoms with Gasteiger partial charge in [0.25, 0.3) is 0 Å². The lowest BCUT2D eigenvalue weighted by Gasteiger charge is -2.36. The van der Waals surface area contributed by atoms with E-state index in [4.69, 9.17) is 0 Å². The smallest absolute Gasteiger partial charge is 0.0200 e. The Morgan fingerprint density at radius 2 is 1.64 bits per heavy atom. The third kappa shape index (κ3) is 2.56. The molecule has 0 saturated carbocycles. The van der Waals surface area contributed by atoms with Crippen LogP contribution in [-0.2, 0) is 0 Å². The van der Waals surface area contributed by atoms with E-state index in [1.165, 1.54) is 6.42 Å². The van der Waals surface area contributed by atoms with Crippen molar-refractivity contribution in [3.8, 4) is 0 Å². The SMILES string of the molecule is CCC([SiH2]C)([SiH2]C)C(C)[SiH2]C. The molecule has 0 amide bonds. The van der Waals surface area contributed by atoms with Crippen LogP contribution in [0, 0.1) is 0 Å². The summed E-state index contributed by atoms with van der Waals surface area (Å²) >= 11 is 0. The minimum absolute atomic E-state index is 0.259. The van der Waals surface area contributed by atoms with Gasteiger partial charge >= 0.3 is 0 Å². The van der Waals surface area contributed by atoms with E-state index in [1.807, 2.05) is 0 Å². The topological polar surface area (TPSA) is 0 Å². The fourth-order valence-electron chi connectivity index (χ4n) is 2.23. The monoisotopic (exact) mass is 204 g/mol. The minimum Gasteiger partial charge on any atom is -0.0746 e. The first-order chi connectivity index (χ1) is 5.16. The predicted molar refractivity (Wildman–Crippen MR) is 65.6 cm³/mol. The molecule has 11 heavy (non-hydrogen) atoms. The Morgan fingerprint density at radius 3 is 1.73 bits per heavy atom. The van der Waals surface area contributed by atoms with Crippen LogP contribution in [0.15, 0.2) is 0 Å². The van der Waals surface area contributed by atoms with Crippen molar-refractivity contribution in [3.63, 3.8) is 0 Å². The van der Waals surface area contributed by atoms with Gasteiger partial charge in [0.2, 0.25) is 0 Å². The normalized spacial score (nSPS) is 22.6. The van der Waals surface area contributed by atoms with Crippen molar-refractivity contribution >= 4 is 28.6 Å². The Hall–Kier alpha value is 0.651. The molecule has 1 unspecified atom stereocenters. The first kappa shape index (κ1) is 11.7. The molecule has 0 aromatic carbocycles. The van der Waals surface area contributed by atoms with E-state index in [-0.39, 0.29) is 28.6 Å². The van der Waals surface area contributed by atoms with Gasteiger partial charge in [-0.05, 0) is 4.66 Å². The summed E-state index contributed by atoms with van der Waals surface area (Å²) in [6.45, 7) is 12.5. The average molecular weight is 205 g/mol.